The maximum Gasteiger partial charge on any atom is 0.253 e. The minimum absolute atomic E-state index is 0.328. The van der Waals surface area contributed by atoms with Crippen molar-refractivity contribution in [3.8, 4) is 10.4 Å². The number of aromatic nitrogens is 4. The van der Waals surface area contributed by atoms with Crippen LogP contribution in [0.3, 0.4) is 0 Å². The second-order valence-electron chi connectivity index (χ2n) is 4.67. The number of thiazole rings is 1. The Kier molecular flexibility index (Phi) is 2.41. The topological polar surface area (TPSA) is 87.4 Å². The molecule has 3 aromatic heterocycles. The van der Waals surface area contributed by atoms with Gasteiger partial charge in [-0.2, -0.15) is 10.2 Å². The smallest absolute Gasteiger partial charge is 0.253 e. The van der Waals surface area contributed by atoms with E-state index in [4.69, 9.17) is 10.5 Å². The summed E-state index contributed by atoms with van der Waals surface area (Å²) < 4.78 is 8.74. The monoisotopic (exact) mass is 289 g/mol. The second kappa shape index (κ2) is 4.15. The number of fused-ring (bicyclic) bond motifs is 1. The minimum atomic E-state index is -0.462. The van der Waals surface area contributed by atoms with Crippen LogP contribution in [0, 0.1) is 0 Å². The van der Waals surface area contributed by atoms with E-state index in [0.717, 1.165) is 15.3 Å². The van der Waals surface area contributed by atoms with Crippen LogP contribution in [0.5, 0.6) is 0 Å². The molecule has 2 N–H and O–H groups in total. The lowest BCUT2D eigenvalue weighted by Gasteiger charge is -2.25. The zero-order valence-electron chi connectivity index (χ0n) is 10.4. The van der Waals surface area contributed by atoms with E-state index >= 15 is 0 Å². The van der Waals surface area contributed by atoms with Gasteiger partial charge in [0, 0.05) is 18.0 Å². The highest BCUT2D eigenvalue weighted by molar-refractivity contribution is 7.21. The van der Waals surface area contributed by atoms with E-state index in [9.17, 15) is 4.79 Å². The molecule has 3 aromatic rings. The van der Waals surface area contributed by atoms with Gasteiger partial charge in [0.15, 0.2) is 0 Å². The van der Waals surface area contributed by atoms with E-state index in [2.05, 4.69) is 10.2 Å². The molecule has 1 amide bonds. The number of nitrogens with two attached hydrogens (primary N) is 1. The lowest BCUT2D eigenvalue weighted by atomic mass is 10.2. The average molecular weight is 289 g/mol. The quantitative estimate of drug-likeness (QED) is 0.777. The molecule has 1 aliphatic rings. The van der Waals surface area contributed by atoms with Gasteiger partial charge in [0.25, 0.3) is 5.91 Å². The summed E-state index contributed by atoms with van der Waals surface area (Å²) in [6, 6.07) is 0.328. The first-order valence-corrected chi connectivity index (χ1v) is 6.93. The summed E-state index contributed by atoms with van der Waals surface area (Å²) in [4.78, 5) is 13.1. The maximum absolute atomic E-state index is 11.3. The van der Waals surface area contributed by atoms with Gasteiger partial charge in [-0.25, -0.2) is 4.52 Å². The standard InChI is InChI=1S/C12H11N5O2S/c13-11(18)9-2-15-17-4-10(20-12(9)17)7-1-14-16(3-7)8-5-19-6-8/h1-4,8H,5-6H2,(H2,13,18). The summed E-state index contributed by atoms with van der Waals surface area (Å²) in [6.07, 6.45) is 7.17. The molecule has 1 saturated heterocycles. The predicted molar refractivity (Wildman–Crippen MR) is 72.7 cm³/mol. The van der Waals surface area contributed by atoms with Crippen molar-refractivity contribution in [3.63, 3.8) is 0 Å². The summed E-state index contributed by atoms with van der Waals surface area (Å²) >= 11 is 1.48. The summed E-state index contributed by atoms with van der Waals surface area (Å²) in [6.45, 7) is 1.42. The van der Waals surface area contributed by atoms with Crippen molar-refractivity contribution in [1.29, 1.82) is 0 Å². The number of nitrogens with zero attached hydrogens (tertiary/aromatic N) is 4. The minimum Gasteiger partial charge on any atom is -0.377 e. The molecule has 0 bridgehead atoms. The van der Waals surface area contributed by atoms with E-state index in [1.807, 2.05) is 23.3 Å². The van der Waals surface area contributed by atoms with Crippen LogP contribution in [-0.4, -0.2) is 38.5 Å². The third kappa shape index (κ3) is 1.65. The molecule has 0 aliphatic carbocycles. The molecule has 0 unspecified atom stereocenters. The number of amides is 1. The fourth-order valence-corrected chi connectivity index (χ4v) is 3.17. The van der Waals surface area contributed by atoms with Gasteiger partial charge in [0.2, 0.25) is 0 Å². The van der Waals surface area contributed by atoms with Gasteiger partial charge in [-0.15, -0.1) is 11.3 Å². The Hall–Kier alpha value is -2.19. The highest BCUT2D eigenvalue weighted by Crippen LogP contribution is 2.31. The van der Waals surface area contributed by atoms with Crippen LogP contribution >= 0.6 is 11.3 Å². The fraction of sp³-hybridized carbons (Fsp3) is 0.250. The molecule has 1 aliphatic heterocycles. The molecule has 0 aromatic carbocycles. The lowest BCUT2D eigenvalue weighted by Crippen LogP contribution is -2.30. The van der Waals surface area contributed by atoms with Crippen molar-refractivity contribution in [2.45, 2.75) is 6.04 Å². The first kappa shape index (κ1) is 11.6. The molecular weight excluding hydrogens is 278 g/mol. The van der Waals surface area contributed by atoms with Crippen molar-refractivity contribution in [3.05, 3.63) is 30.4 Å². The molecule has 4 rings (SSSR count). The lowest BCUT2D eigenvalue weighted by molar-refractivity contribution is -0.0286. The first-order chi connectivity index (χ1) is 9.72. The molecule has 4 heterocycles. The van der Waals surface area contributed by atoms with Crippen LogP contribution in [0.2, 0.25) is 0 Å². The SMILES string of the molecule is NC(=O)c1cnn2cc(-c3cnn(C4COC4)c3)sc12. The van der Waals surface area contributed by atoms with Crippen molar-refractivity contribution in [2.24, 2.45) is 5.73 Å². The fourth-order valence-electron chi connectivity index (χ4n) is 2.13. The van der Waals surface area contributed by atoms with Crippen LogP contribution in [0.25, 0.3) is 15.3 Å². The summed E-state index contributed by atoms with van der Waals surface area (Å²) in [5.41, 5.74) is 6.77. The molecule has 0 radical (unpaired) electrons. The Balaban J connectivity index is 1.74. The van der Waals surface area contributed by atoms with Gasteiger partial charge in [-0.1, -0.05) is 0 Å². The molecule has 1 fully saturated rings. The van der Waals surface area contributed by atoms with Gasteiger partial charge in [0.1, 0.15) is 4.83 Å². The van der Waals surface area contributed by atoms with Gasteiger partial charge in [0.05, 0.1) is 42.1 Å². The third-order valence-electron chi connectivity index (χ3n) is 3.34. The Morgan fingerprint density at radius 2 is 2.20 bits per heavy atom. The highest BCUT2D eigenvalue weighted by atomic mass is 32.1. The predicted octanol–water partition coefficient (Wildman–Crippen LogP) is 0.929. The van der Waals surface area contributed by atoms with Gasteiger partial charge < -0.3 is 10.5 Å². The summed E-state index contributed by atoms with van der Waals surface area (Å²) in [7, 11) is 0. The third-order valence-corrected chi connectivity index (χ3v) is 4.50. The van der Waals surface area contributed by atoms with Crippen molar-refractivity contribution < 1.29 is 9.53 Å². The summed E-state index contributed by atoms with van der Waals surface area (Å²) in [5.74, 6) is -0.462. The van der Waals surface area contributed by atoms with Gasteiger partial charge in [-0.3, -0.25) is 9.48 Å². The molecule has 0 spiro atoms. The number of hydrogen-bond donors (Lipinski definition) is 1. The van der Waals surface area contributed by atoms with E-state index in [-0.39, 0.29) is 0 Å². The zero-order valence-corrected chi connectivity index (χ0v) is 11.2. The van der Waals surface area contributed by atoms with Crippen LogP contribution in [-0.2, 0) is 4.74 Å². The van der Waals surface area contributed by atoms with Gasteiger partial charge >= 0.3 is 0 Å². The van der Waals surface area contributed by atoms with Crippen LogP contribution in [0.1, 0.15) is 16.4 Å². The number of carbonyl (C=O) groups excluding carboxylic acids is 1. The van der Waals surface area contributed by atoms with E-state index in [1.165, 1.54) is 17.5 Å². The maximum atomic E-state index is 11.3. The second-order valence-corrected chi connectivity index (χ2v) is 5.70. The number of primary amides is 1. The molecule has 8 heteroatoms. The Labute approximate surface area is 117 Å². The van der Waals surface area contributed by atoms with Crippen molar-refractivity contribution in [2.75, 3.05) is 13.2 Å². The molecule has 0 saturated carbocycles. The zero-order chi connectivity index (χ0) is 13.7. The first-order valence-electron chi connectivity index (χ1n) is 6.11. The Morgan fingerprint density at radius 1 is 1.35 bits per heavy atom. The molecule has 20 heavy (non-hydrogen) atoms. The van der Waals surface area contributed by atoms with E-state index < -0.39 is 5.91 Å². The van der Waals surface area contributed by atoms with E-state index in [1.54, 1.807) is 4.52 Å². The number of ether oxygens (including phenoxy) is 1. The van der Waals surface area contributed by atoms with Crippen molar-refractivity contribution >= 4 is 22.1 Å². The van der Waals surface area contributed by atoms with Crippen LogP contribution < -0.4 is 5.73 Å². The van der Waals surface area contributed by atoms with Crippen LogP contribution in [0.4, 0.5) is 0 Å². The molecule has 7 nitrogen and oxygen atoms in total. The van der Waals surface area contributed by atoms with E-state index in [0.29, 0.717) is 24.8 Å². The van der Waals surface area contributed by atoms with Crippen LogP contribution in [0.15, 0.2) is 24.8 Å². The molecular formula is C12H11N5O2S. The van der Waals surface area contributed by atoms with Gasteiger partial charge in [-0.05, 0) is 0 Å². The molecule has 0 atom stereocenters. The molecule has 102 valence electrons. The normalized spacial score (nSPS) is 15.6. The average Bonchev–Trinajstić information content (AvgIpc) is 2.96. The number of rotatable bonds is 3. The Bertz CT molecular complexity index is 798. The largest absolute Gasteiger partial charge is 0.377 e. The number of carbonyl (C=O) groups is 1. The highest BCUT2D eigenvalue weighted by Gasteiger charge is 2.22. The Morgan fingerprint density at radius 3 is 2.90 bits per heavy atom. The number of hydrogen-bond acceptors (Lipinski definition) is 5. The van der Waals surface area contributed by atoms with Crippen molar-refractivity contribution in [1.82, 2.24) is 19.4 Å². The summed E-state index contributed by atoms with van der Waals surface area (Å²) in [5, 5.41) is 8.48.